The topological polar surface area (TPSA) is 21.3 Å². The molecule has 0 fully saturated rings. The van der Waals surface area contributed by atoms with E-state index in [1.165, 1.54) is 24.8 Å². The van der Waals surface area contributed by atoms with Gasteiger partial charge in [-0.2, -0.15) is 0 Å². The minimum absolute atomic E-state index is 0.464. The highest BCUT2D eigenvalue weighted by Crippen LogP contribution is 2.24. The van der Waals surface area contributed by atoms with Gasteiger partial charge in [0.25, 0.3) is 0 Å². The summed E-state index contributed by atoms with van der Waals surface area (Å²) < 4.78 is 5.21. The molecular weight excluding hydrogens is 222 g/mol. The van der Waals surface area contributed by atoms with E-state index >= 15 is 0 Å². The van der Waals surface area contributed by atoms with E-state index in [-0.39, 0.29) is 0 Å². The summed E-state index contributed by atoms with van der Waals surface area (Å²) in [6, 6.07) is 8.91. The van der Waals surface area contributed by atoms with Gasteiger partial charge in [-0.25, -0.2) is 0 Å². The molecule has 0 amide bonds. The molecule has 0 aliphatic carbocycles. The van der Waals surface area contributed by atoms with Gasteiger partial charge in [0, 0.05) is 6.04 Å². The van der Waals surface area contributed by atoms with Crippen molar-refractivity contribution in [2.45, 2.75) is 46.1 Å². The molecule has 2 atom stereocenters. The van der Waals surface area contributed by atoms with Gasteiger partial charge in [-0.05, 0) is 43.0 Å². The molecule has 18 heavy (non-hydrogen) atoms. The summed E-state index contributed by atoms with van der Waals surface area (Å²) in [5, 5.41) is 3.65. The maximum absolute atomic E-state index is 5.21. The molecule has 0 aliphatic rings. The van der Waals surface area contributed by atoms with Crippen molar-refractivity contribution in [2.24, 2.45) is 5.92 Å². The maximum atomic E-state index is 5.21. The van der Waals surface area contributed by atoms with E-state index in [0.717, 1.165) is 18.2 Å². The monoisotopic (exact) mass is 249 g/mol. The van der Waals surface area contributed by atoms with Gasteiger partial charge in [-0.1, -0.05) is 39.3 Å². The van der Waals surface area contributed by atoms with Gasteiger partial charge in [0.2, 0.25) is 0 Å². The minimum atomic E-state index is 0.464. The lowest BCUT2D eigenvalue weighted by Crippen LogP contribution is -2.23. The van der Waals surface area contributed by atoms with Gasteiger partial charge in [0.1, 0.15) is 5.75 Å². The van der Waals surface area contributed by atoms with Gasteiger partial charge in [0.05, 0.1) is 7.11 Å². The third-order valence-corrected chi connectivity index (χ3v) is 3.49. The first-order valence-corrected chi connectivity index (χ1v) is 7.08. The van der Waals surface area contributed by atoms with Crippen LogP contribution in [-0.4, -0.2) is 13.7 Å². The van der Waals surface area contributed by atoms with Gasteiger partial charge in [-0.3, -0.25) is 0 Å². The van der Waals surface area contributed by atoms with Gasteiger partial charge in [-0.15, -0.1) is 0 Å². The molecule has 2 heteroatoms. The zero-order valence-electron chi connectivity index (χ0n) is 12.2. The number of methoxy groups -OCH3 is 1. The lowest BCUT2D eigenvalue weighted by Gasteiger charge is -2.22. The molecule has 0 saturated heterocycles. The fourth-order valence-electron chi connectivity index (χ4n) is 2.06. The molecule has 2 unspecified atom stereocenters. The summed E-state index contributed by atoms with van der Waals surface area (Å²) >= 11 is 0. The van der Waals surface area contributed by atoms with E-state index in [1.54, 1.807) is 7.11 Å². The Morgan fingerprint density at radius 1 is 1.17 bits per heavy atom. The van der Waals surface area contributed by atoms with Crippen LogP contribution < -0.4 is 10.1 Å². The Morgan fingerprint density at radius 3 is 2.33 bits per heavy atom. The molecule has 0 heterocycles. The lowest BCUT2D eigenvalue weighted by molar-refractivity contribution is 0.399. The molecule has 0 spiro atoms. The van der Waals surface area contributed by atoms with E-state index in [9.17, 15) is 0 Å². The van der Waals surface area contributed by atoms with Crippen LogP contribution in [0.3, 0.4) is 0 Å². The first kappa shape index (κ1) is 15.0. The van der Waals surface area contributed by atoms with Crippen LogP contribution in [0, 0.1) is 5.92 Å². The van der Waals surface area contributed by atoms with Gasteiger partial charge < -0.3 is 10.1 Å². The molecule has 102 valence electrons. The summed E-state index contributed by atoms with van der Waals surface area (Å²) in [5.74, 6) is 1.68. The van der Waals surface area contributed by atoms with E-state index in [2.05, 4.69) is 38.2 Å². The Kier molecular flexibility index (Phi) is 6.81. The Hall–Kier alpha value is -1.02. The fourth-order valence-corrected chi connectivity index (χ4v) is 2.06. The molecule has 0 aliphatic heterocycles. The zero-order valence-corrected chi connectivity index (χ0v) is 12.2. The molecule has 0 aromatic heterocycles. The van der Waals surface area contributed by atoms with Crippen molar-refractivity contribution in [3.05, 3.63) is 29.8 Å². The molecule has 1 rings (SSSR count). The van der Waals surface area contributed by atoms with E-state index in [1.807, 2.05) is 12.1 Å². The van der Waals surface area contributed by atoms with Crippen LogP contribution in [0.4, 0.5) is 0 Å². The van der Waals surface area contributed by atoms with Crippen molar-refractivity contribution in [2.75, 3.05) is 13.7 Å². The minimum Gasteiger partial charge on any atom is -0.497 e. The average Bonchev–Trinajstić information content (AvgIpc) is 2.43. The number of hydrogen-bond donors (Lipinski definition) is 1. The van der Waals surface area contributed by atoms with Crippen molar-refractivity contribution >= 4 is 0 Å². The van der Waals surface area contributed by atoms with Gasteiger partial charge >= 0.3 is 0 Å². The Morgan fingerprint density at radius 2 is 1.83 bits per heavy atom. The lowest BCUT2D eigenvalue weighted by atomic mass is 9.94. The molecule has 1 N–H and O–H groups in total. The Bertz CT molecular complexity index is 320. The number of hydrogen-bond acceptors (Lipinski definition) is 2. The van der Waals surface area contributed by atoms with E-state index in [0.29, 0.717) is 6.04 Å². The second kappa shape index (κ2) is 8.15. The van der Waals surface area contributed by atoms with Crippen LogP contribution in [0.1, 0.15) is 51.6 Å². The number of benzene rings is 1. The highest BCUT2D eigenvalue weighted by Gasteiger charge is 2.13. The molecule has 0 bridgehead atoms. The van der Waals surface area contributed by atoms with Crippen LogP contribution in [0.15, 0.2) is 24.3 Å². The highest BCUT2D eigenvalue weighted by molar-refractivity contribution is 5.29. The summed E-state index contributed by atoms with van der Waals surface area (Å²) in [6.07, 6.45) is 3.61. The largest absolute Gasteiger partial charge is 0.497 e. The summed E-state index contributed by atoms with van der Waals surface area (Å²) in [6.45, 7) is 7.87. The van der Waals surface area contributed by atoms with Crippen molar-refractivity contribution in [3.8, 4) is 5.75 Å². The summed E-state index contributed by atoms with van der Waals surface area (Å²) in [4.78, 5) is 0. The highest BCUT2D eigenvalue weighted by atomic mass is 16.5. The molecule has 0 radical (unpaired) electrons. The smallest absolute Gasteiger partial charge is 0.118 e. The molecular formula is C16H27NO. The molecule has 1 aromatic rings. The SMILES string of the molecule is CCCNC(CC(C)CC)c1ccc(OC)cc1. The van der Waals surface area contributed by atoms with Crippen molar-refractivity contribution in [1.29, 1.82) is 0 Å². The number of rotatable bonds is 8. The van der Waals surface area contributed by atoms with Crippen LogP contribution >= 0.6 is 0 Å². The first-order valence-electron chi connectivity index (χ1n) is 7.08. The van der Waals surface area contributed by atoms with E-state index in [4.69, 9.17) is 4.74 Å². The second-order valence-electron chi connectivity index (χ2n) is 5.03. The number of ether oxygens (including phenoxy) is 1. The van der Waals surface area contributed by atoms with Crippen LogP contribution in [0.2, 0.25) is 0 Å². The van der Waals surface area contributed by atoms with Crippen molar-refractivity contribution < 1.29 is 4.74 Å². The predicted molar refractivity (Wildman–Crippen MR) is 78.1 cm³/mol. The maximum Gasteiger partial charge on any atom is 0.118 e. The molecule has 1 aromatic carbocycles. The third kappa shape index (κ3) is 4.69. The zero-order chi connectivity index (χ0) is 13.4. The van der Waals surface area contributed by atoms with Crippen molar-refractivity contribution in [3.63, 3.8) is 0 Å². The first-order chi connectivity index (χ1) is 8.71. The molecule has 2 nitrogen and oxygen atoms in total. The van der Waals surface area contributed by atoms with Gasteiger partial charge in [0.15, 0.2) is 0 Å². The Labute approximate surface area is 112 Å². The standard InChI is InChI=1S/C16H27NO/c1-5-11-17-16(12-13(3)6-2)14-7-9-15(18-4)10-8-14/h7-10,13,16-17H,5-6,11-12H2,1-4H3. The fraction of sp³-hybridized carbons (Fsp3) is 0.625. The average molecular weight is 249 g/mol. The van der Waals surface area contributed by atoms with Crippen LogP contribution in [0.5, 0.6) is 5.75 Å². The van der Waals surface area contributed by atoms with Crippen LogP contribution in [0.25, 0.3) is 0 Å². The summed E-state index contributed by atoms with van der Waals surface area (Å²) in [5.41, 5.74) is 1.37. The molecule has 0 saturated carbocycles. The Balaban J connectivity index is 2.72. The normalized spacial score (nSPS) is 14.2. The summed E-state index contributed by atoms with van der Waals surface area (Å²) in [7, 11) is 1.71. The quantitative estimate of drug-likeness (QED) is 0.746. The van der Waals surface area contributed by atoms with Crippen LogP contribution in [-0.2, 0) is 0 Å². The second-order valence-corrected chi connectivity index (χ2v) is 5.03. The van der Waals surface area contributed by atoms with E-state index < -0.39 is 0 Å². The third-order valence-electron chi connectivity index (χ3n) is 3.49. The predicted octanol–water partition coefficient (Wildman–Crippen LogP) is 4.17. The van der Waals surface area contributed by atoms with Crippen molar-refractivity contribution in [1.82, 2.24) is 5.32 Å². The number of nitrogens with one attached hydrogen (secondary N) is 1.